The van der Waals surface area contributed by atoms with Gasteiger partial charge in [0.05, 0.1) is 5.56 Å². The number of carboxylic acid groups (broad SMARTS) is 1. The van der Waals surface area contributed by atoms with E-state index in [1.165, 1.54) is 0 Å². The van der Waals surface area contributed by atoms with Crippen LogP contribution >= 0.6 is 11.8 Å². The summed E-state index contributed by atoms with van der Waals surface area (Å²) in [7, 11) is 0. The lowest BCUT2D eigenvalue weighted by molar-refractivity contribution is 0.0697. The quantitative estimate of drug-likeness (QED) is 0.841. The van der Waals surface area contributed by atoms with Crippen LogP contribution in [0.25, 0.3) is 0 Å². The van der Waals surface area contributed by atoms with Crippen LogP contribution in [-0.4, -0.2) is 16.1 Å². The lowest BCUT2D eigenvalue weighted by Crippen LogP contribution is -1.95. The Labute approximate surface area is 104 Å². The highest BCUT2D eigenvalue weighted by molar-refractivity contribution is 7.98. The molecule has 0 aliphatic carbocycles. The van der Waals surface area contributed by atoms with E-state index in [0.29, 0.717) is 5.56 Å². The summed E-state index contributed by atoms with van der Waals surface area (Å²) in [5.74, 6) is -0.0811. The fourth-order valence-electron chi connectivity index (χ4n) is 1.34. The maximum Gasteiger partial charge on any atom is 0.335 e. The number of rotatable bonds is 4. The van der Waals surface area contributed by atoms with Gasteiger partial charge in [-0.1, -0.05) is 12.1 Å². The molecule has 0 fully saturated rings. The summed E-state index contributed by atoms with van der Waals surface area (Å²) in [5, 5.41) is 8.77. The van der Waals surface area contributed by atoms with Gasteiger partial charge in [0.2, 0.25) is 0 Å². The van der Waals surface area contributed by atoms with E-state index in [1.54, 1.807) is 30.1 Å². The Morgan fingerprint density at radius 3 is 2.59 bits per heavy atom. The summed E-state index contributed by atoms with van der Waals surface area (Å²) < 4.78 is 0. The summed E-state index contributed by atoms with van der Waals surface area (Å²) in [6.07, 6.45) is 3.56. The van der Waals surface area contributed by atoms with Crippen LogP contribution in [0.2, 0.25) is 0 Å². The standard InChI is InChI=1S/C13H11NO2S/c15-13(16)11-5-3-10(4-6-11)9-17-12-2-1-7-14-8-12/h1-8H,9H2,(H,15,16). The zero-order chi connectivity index (χ0) is 12.1. The Morgan fingerprint density at radius 1 is 1.24 bits per heavy atom. The molecule has 0 amide bonds. The second kappa shape index (κ2) is 5.50. The Morgan fingerprint density at radius 2 is 2.00 bits per heavy atom. The van der Waals surface area contributed by atoms with Crippen molar-refractivity contribution in [2.24, 2.45) is 0 Å². The third-order valence-electron chi connectivity index (χ3n) is 2.24. The zero-order valence-corrected chi connectivity index (χ0v) is 9.85. The van der Waals surface area contributed by atoms with Crippen molar-refractivity contribution in [3.8, 4) is 0 Å². The second-order valence-corrected chi connectivity index (χ2v) is 4.53. The molecule has 0 radical (unpaired) electrons. The lowest BCUT2D eigenvalue weighted by atomic mass is 10.1. The number of hydrogen-bond acceptors (Lipinski definition) is 3. The zero-order valence-electron chi connectivity index (χ0n) is 9.04. The summed E-state index contributed by atoms with van der Waals surface area (Å²) in [4.78, 5) is 15.8. The molecular weight excluding hydrogens is 234 g/mol. The first-order valence-corrected chi connectivity index (χ1v) is 6.09. The van der Waals surface area contributed by atoms with Gasteiger partial charge in [0, 0.05) is 23.0 Å². The van der Waals surface area contributed by atoms with E-state index in [9.17, 15) is 4.79 Å². The number of carbonyl (C=O) groups is 1. The molecule has 2 aromatic rings. The largest absolute Gasteiger partial charge is 0.478 e. The van der Waals surface area contributed by atoms with Crippen LogP contribution in [0.5, 0.6) is 0 Å². The predicted octanol–water partition coefficient (Wildman–Crippen LogP) is 3.07. The second-order valence-electron chi connectivity index (χ2n) is 3.48. The predicted molar refractivity (Wildman–Crippen MR) is 67.2 cm³/mol. The molecule has 1 aromatic heterocycles. The van der Waals surface area contributed by atoms with Crippen molar-refractivity contribution in [3.05, 3.63) is 59.9 Å². The number of benzene rings is 1. The van der Waals surface area contributed by atoms with Crippen LogP contribution in [0.15, 0.2) is 53.7 Å². The van der Waals surface area contributed by atoms with E-state index in [4.69, 9.17) is 5.11 Å². The van der Waals surface area contributed by atoms with E-state index in [1.807, 2.05) is 30.5 Å². The van der Waals surface area contributed by atoms with Gasteiger partial charge in [-0.2, -0.15) is 0 Å². The van der Waals surface area contributed by atoms with Crippen molar-refractivity contribution in [3.63, 3.8) is 0 Å². The Bertz CT molecular complexity index is 497. The van der Waals surface area contributed by atoms with Crippen LogP contribution in [0.4, 0.5) is 0 Å². The van der Waals surface area contributed by atoms with Gasteiger partial charge in [0.1, 0.15) is 0 Å². The number of aromatic nitrogens is 1. The molecule has 1 aromatic carbocycles. The lowest BCUT2D eigenvalue weighted by Gasteiger charge is -2.02. The Hall–Kier alpha value is -1.81. The normalized spacial score (nSPS) is 10.1. The summed E-state index contributed by atoms with van der Waals surface area (Å²) in [6.45, 7) is 0. The molecule has 1 heterocycles. The molecule has 0 bridgehead atoms. The highest BCUT2D eigenvalue weighted by atomic mass is 32.2. The van der Waals surface area contributed by atoms with Gasteiger partial charge in [-0.3, -0.25) is 4.98 Å². The maximum atomic E-state index is 10.7. The molecule has 0 saturated heterocycles. The maximum absolute atomic E-state index is 10.7. The van der Waals surface area contributed by atoms with Crippen molar-refractivity contribution in [1.29, 1.82) is 0 Å². The van der Waals surface area contributed by atoms with E-state index in [-0.39, 0.29) is 0 Å². The number of pyridine rings is 1. The van der Waals surface area contributed by atoms with Crippen LogP contribution in [-0.2, 0) is 5.75 Å². The Balaban J connectivity index is 1.98. The number of hydrogen-bond donors (Lipinski definition) is 1. The molecule has 3 nitrogen and oxygen atoms in total. The van der Waals surface area contributed by atoms with Gasteiger partial charge in [-0.25, -0.2) is 4.79 Å². The fraction of sp³-hybridized carbons (Fsp3) is 0.0769. The topological polar surface area (TPSA) is 50.2 Å². The molecule has 2 rings (SSSR count). The average Bonchev–Trinajstić information content (AvgIpc) is 2.38. The summed E-state index contributed by atoms with van der Waals surface area (Å²) in [5.41, 5.74) is 1.42. The molecule has 86 valence electrons. The molecular formula is C13H11NO2S. The summed E-state index contributed by atoms with van der Waals surface area (Å²) in [6, 6.07) is 10.8. The van der Waals surface area contributed by atoms with Crippen molar-refractivity contribution in [1.82, 2.24) is 4.98 Å². The van der Waals surface area contributed by atoms with Crippen molar-refractivity contribution < 1.29 is 9.90 Å². The minimum Gasteiger partial charge on any atom is -0.478 e. The molecule has 0 atom stereocenters. The molecule has 0 spiro atoms. The molecule has 1 N–H and O–H groups in total. The first-order chi connectivity index (χ1) is 8.25. The molecule has 0 aliphatic heterocycles. The smallest absolute Gasteiger partial charge is 0.335 e. The van der Waals surface area contributed by atoms with E-state index < -0.39 is 5.97 Å². The Kier molecular flexibility index (Phi) is 3.77. The number of thioether (sulfide) groups is 1. The van der Waals surface area contributed by atoms with Crippen molar-refractivity contribution in [2.45, 2.75) is 10.6 Å². The van der Waals surface area contributed by atoms with Gasteiger partial charge in [-0.05, 0) is 29.8 Å². The van der Waals surface area contributed by atoms with E-state index in [0.717, 1.165) is 16.2 Å². The van der Waals surface area contributed by atoms with Gasteiger partial charge < -0.3 is 5.11 Å². The van der Waals surface area contributed by atoms with Crippen LogP contribution in [0.1, 0.15) is 15.9 Å². The fourth-order valence-corrected chi connectivity index (χ4v) is 2.18. The molecule has 4 heteroatoms. The van der Waals surface area contributed by atoms with Crippen molar-refractivity contribution >= 4 is 17.7 Å². The van der Waals surface area contributed by atoms with Crippen LogP contribution in [0, 0.1) is 0 Å². The molecule has 17 heavy (non-hydrogen) atoms. The van der Waals surface area contributed by atoms with Crippen LogP contribution in [0.3, 0.4) is 0 Å². The monoisotopic (exact) mass is 245 g/mol. The highest BCUT2D eigenvalue weighted by Crippen LogP contribution is 2.21. The SMILES string of the molecule is O=C(O)c1ccc(CSc2cccnc2)cc1. The number of carboxylic acids is 1. The summed E-state index contributed by atoms with van der Waals surface area (Å²) >= 11 is 1.68. The first kappa shape index (κ1) is 11.7. The van der Waals surface area contributed by atoms with Crippen molar-refractivity contribution in [2.75, 3.05) is 0 Å². The molecule has 0 saturated carbocycles. The van der Waals surface area contributed by atoms with Gasteiger partial charge in [0.15, 0.2) is 0 Å². The first-order valence-electron chi connectivity index (χ1n) is 5.11. The third-order valence-corrected chi connectivity index (χ3v) is 3.29. The minimum absolute atomic E-state index is 0.320. The molecule has 0 unspecified atom stereocenters. The van der Waals surface area contributed by atoms with Gasteiger partial charge in [0.25, 0.3) is 0 Å². The number of aromatic carboxylic acids is 1. The van der Waals surface area contributed by atoms with Gasteiger partial charge in [-0.15, -0.1) is 11.8 Å². The van der Waals surface area contributed by atoms with E-state index in [2.05, 4.69) is 4.98 Å². The minimum atomic E-state index is -0.892. The van der Waals surface area contributed by atoms with Gasteiger partial charge >= 0.3 is 5.97 Å². The average molecular weight is 245 g/mol. The third kappa shape index (κ3) is 3.32. The van der Waals surface area contributed by atoms with Crippen LogP contribution < -0.4 is 0 Å². The number of nitrogens with zero attached hydrogens (tertiary/aromatic N) is 1. The molecule has 0 aliphatic rings. The van der Waals surface area contributed by atoms with E-state index >= 15 is 0 Å². The highest BCUT2D eigenvalue weighted by Gasteiger charge is 2.02.